The highest BCUT2D eigenvalue weighted by Gasteiger charge is 2.28. The quantitative estimate of drug-likeness (QED) is 0.607. The van der Waals surface area contributed by atoms with Gasteiger partial charge in [0.1, 0.15) is 0 Å². The van der Waals surface area contributed by atoms with E-state index in [2.05, 4.69) is 10.2 Å². The lowest BCUT2D eigenvalue weighted by molar-refractivity contribution is 0.0700. The fourth-order valence-corrected chi connectivity index (χ4v) is 1.41. The third-order valence-corrected chi connectivity index (χ3v) is 2.17. The number of aromatic nitrogens is 3. The van der Waals surface area contributed by atoms with Crippen LogP contribution in [0, 0.1) is 0 Å². The summed E-state index contributed by atoms with van der Waals surface area (Å²) < 4.78 is 1.31. The number of likely N-dealkylation sites (N-methyl/N-ethyl adjacent to an activating group) is 1. The van der Waals surface area contributed by atoms with Gasteiger partial charge in [0.2, 0.25) is 5.82 Å². The van der Waals surface area contributed by atoms with Crippen molar-refractivity contribution >= 4 is 5.91 Å². The van der Waals surface area contributed by atoms with Gasteiger partial charge in [0.15, 0.2) is 0 Å². The van der Waals surface area contributed by atoms with E-state index in [-0.39, 0.29) is 11.7 Å². The van der Waals surface area contributed by atoms with Crippen molar-refractivity contribution in [3.63, 3.8) is 0 Å². The molecule has 1 radical (unpaired) electrons. The molecule has 6 heteroatoms. The molecule has 0 bridgehead atoms. The maximum absolute atomic E-state index is 11.5. The first kappa shape index (κ1) is 8.03. The van der Waals surface area contributed by atoms with Gasteiger partial charge in [-0.3, -0.25) is 9.36 Å². The van der Waals surface area contributed by atoms with E-state index in [0.29, 0.717) is 19.6 Å². The summed E-state index contributed by atoms with van der Waals surface area (Å²) in [5, 5.41) is 17.9. The summed E-state index contributed by atoms with van der Waals surface area (Å²) in [4.78, 5) is 13.2. The fourth-order valence-electron chi connectivity index (χ4n) is 1.41. The van der Waals surface area contributed by atoms with Crippen LogP contribution in [0.5, 0.6) is 6.01 Å². The van der Waals surface area contributed by atoms with Crippen molar-refractivity contribution in [3.8, 4) is 6.01 Å². The van der Waals surface area contributed by atoms with E-state index in [0.717, 1.165) is 0 Å². The van der Waals surface area contributed by atoms with E-state index in [4.69, 9.17) is 0 Å². The summed E-state index contributed by atoms with van der Waals surface area (Å²) in [5.74, 6) is -0.0403. The molecule has 0 saturated heterocycles. The van der Waals surface area contributed by atoms with E-state index in [9.17, 15) is 9.90 Å². The molecule has 2 heterocycles. The SMILES string of the molecule is CCN1CCn2c([O])nnc2C1=O. The topological polar surface area (TPSA) is 70.9 Å². The van der Waals surface area contributed by atoms with Gasteiger partial charge >= 0.3 is 6.01 Å². The lowest BCUT2D eigenvalue weighted by Gasteiger charge is -2.24. The van der Waals surface area contributed by atoms with E-state index in [1.165, 1.54) is 4.57 Å². The van der Waals surface area contributed by atoms with Crippen LogP contribution < -0.4 is 0 Å². The van der Waals surface area contributed by atoms with Gasteiger partial charge in [-0.2, -0.15) is 0 Å². The number of amides is 1. The monoisotopic (exact) mass is 181 g/mol. The zero-order valence-corrected chi connectivity index (χ0v) is 7.23. The third kappa shape index (κ3) is 1.06. The molecule has 6 nitrogen and oxygen atoms in total. The predicted molar refractivity (Wildman–Crippen MR) is 41.7 cm³/mol. The Labute approximate surface area is 74.8 Å². The Morgan fingerprint density at radius 2 is 2.15 bits per heavy atom. The normalized spacial score (nSPS) is 16.1. The average Bonchev–Trinajstić information content (AvgIpc) is 2.50. The smallest absolute Gasteiger partial charge is 0.334 e. The molecule has 1 aliphatic heterocycles. The summed E-state index contributed by atoms with van der Waals surface area (Å²) in [5.41, 5.74) is 0. The lowest BCUT2D eigenvalue weighted by atomic mass is 10.3. The van der Waals surface area contributed by atoms with Crippen molar-refractivity contribution in [1.29, 1.82) is 0 Å². The van der Waals surface area contributed by atoms with Crippen LogP contribution in [0.3, 0.4) is 0 Å². The summed E-state index contributed by atoms with van der Waals surface area (Å²) in [6, 6.07) is -0.431. The molecule has 0 N–H and O–H groups in total. The van der Waals surface area contributed by atoms with Gasteiger partial charge in [-0.05, 0) is 6.92 Å². The number of hydrogen-bond donors (Lipinski definition) is 0. The van der Waals surface area contributed by atoms with E-state index in [1.807, 2.05) is 6.92 Å². The first-order valence-corrected chi connectivity index (χ1v) is 4.13. The van der Waals surface area contributed by atoms with E-state index in [1.54, 1.807) is 4.90 Å². The molecule has 1 aromatic rings. The Bertz CT molecular complexity index is 346. The first-order chi connectivity index (χ1) is 6.24. The summed E-state index contributed by atoms with van der Waals surface area (Å²) >= 11 is 0. The van der Waals surface area contributed by atoms with Crippen LogP contribution >= 0.6 is 0 Å². The second-order valence-electron chi connectivity index (χ2n) is 2.84. The molecular weight excluding hydrogens is 172 g/mol. The van der Waals surface area contributed by atoms with Crippen LogP contribution in [0.1, 0.15) is 17.5 Å². The Morgan fingerprint density at radius 1 is 1.38 bits per heavy atom. The summed E-state index contributed by atoms with van der Waals surface area (Å²) in [7, 11) is 0. The average molecular weight is 181 g/mol. The first-order valence-electron chi connectivity index (χ1n) is 4.13. The standard InChI is InChI=1S/C7H9N4O2/c1-2-10-3-4-11-5(6(10)12)8-9-7(11)13/h2-4H2,1H3. The molecule has 0 unspecified atom stereocenters. The van der Waals surface area contributed by atoms with Crippen LogP contribution in [0.4, 0.5) is 0 Å². The molecule has 2 rings (SSSR count). The predicted octanol–water partition coefficient (Wildman–Crippen LogP) is -0.102. The van der Waals surface area contributed by atoms with Crippen LogP contribution in [0.15, 0.2) is 0 Å². The van der Waals surface area contributed by atoms with Gasteiger partial charge in [-0.1, -0.05) is 5.10 Å². The molecule has 1 amide bonds. The minimum absolute atomic E-state index is 0.165. The highest BCUT2D eigenvalue weighted by Crippen LogP contribution is 2.15. The molecule has 0 fully saturated rings. The Balaban J connectivity index is 2.40. The molecule has 69 valence electrons. The minimum Gasteiger partial charge on any atom is -0.334 e. The van der Waals surface area contributed by atoms with Crippen LogP contribution in [-0.2, 0) is 11.7 Å². The maximum atomic E-state index is 11.5. The summed E-state index contributed by atoms with van der Waals surface area (Å²) in [6.45, 7) is 3.60. The van der Waals surface area contributed by atoms with Gasteiger partial charge in [0.25, 0.3) is 5.91 Å². The van der Waals surface area contributed by atoms with Gasteiger partial charge in [-0.25, -0.2) is 5.11 Å². The molecule has 13 heavy (non-hydrogen) atoms. The zero-order chi connectivity index (χ0) is 9.42. The number of fused-ring (bicyclic) bond motifs is 1. The Kier molecular flexibility index (Phi) is 1.68. The van der Waals surface area contributed by atoms with Gasteiger partial charge in [0.05, 0.1) is 0 Å². The van der Waals surface area contributed by atoms with Crippen LogP contribution in [0.2, 0.25) is 0 Å². The van der Waals surface area contributed by atoms with Crippen molar-refractivity contribution in [2.75, 3.05) is 13.1 Å². The summed E-state index contributed by atoms with van der Waals surface area (Å²) in [6.07, 6.45) is 0. The Morgan fingerprint density at radius 3 is 2.85 bits per heavy atom. The van der Waals surface area contributed by atoms with Crippen LogP contribution in [0.25, 0.3) is 0 Å². The Hall–Kier alpha value is -1.59. The minimum atomic E-state index is -0.431. The molecule has 1 aromatic heterocycles. The molecule has 0 aliphatic carbocycles. The molecule has 0 spiro atoms. The molecule has 0 saturated carbocycles. The van der Waals surface area contributed by atoms with Crippen molar-refractivity contribution in [2.45, 2.75) is 13.5 Å². The van der Waals surface area contributed by atoms with Crippen molar-refractivity contribution < 1.29 is 9.90 Å². The number of nitrogens with zero attached hydrogens (tertiary/aromatic N) is 4. The molecule has 1 aliphatic rings. The van der Waals surface area contributed by atoms with Crippen LogP contribution in [-0.4, -0.2) is 38.7 Å². The second kappa shape index (κ2) is 2.72. The number of carbonyl (C=O) groups is 1. The van der Waals surface area contributed by atoms with Crippen molar-refractivity contribution in [3.05, 3.63) is 5.82 Å². The van der Waals surface area contributed by atoms with Crippen molar-refractivity contribution in [1.82, 2.24) is 19.7 Å². The number of carbonyl (C=O) groups excluding carboxylic acids is 1. The van der Waals surface area contributed by atoms with Gasteiger partial charge < -0.3 is 4.90 Å². The van der Waals surface area contributed by atoms with Gasteiger partial charge in [0, 0.05) is 19.6 Å². The number of rotatable bonds is 1. The molecule has 0 atom stereocenters. The molecule has 0 aromatic carbocycles. The fraction of sp³-hybridized carbons (Fsp3) is 0.571. The largest absolute Gasteiger partial charge is 0.368 e. The van der Waals surface area contributed by atoms with Crippen molar-refractivity contribution in [2.24, 2.45) is 0 Å². The molecular formula is C7H9N4O2. The van der Waals surface area contributed by atoms with E-state index < -0.39 is 6.01 Å². The highest BCUT2D eigenvalue weighted by atomic mass is 16.3. The maximum Gasteiger partial charge on any atom is 0.368 e. The second-order valence-corrected chi connectivity index (χ2v) is 2.84. The highest BCUT2D eigenvalue weighted by molar-refractivity contribution is 5.91. The van der Waals surface area contributed by atoms with E-state index >= 15 is 0 Å². The zero-order valence-electron chi connectivity index (χ0n) is 7.23. The van der Waals surface area contributed by atoms with Gasteiger partial charge in [-0.15, -0.1) is 5.10 Å². The third-order valence-electron chi connectivity index (χ3n) is 2.17. The number of hydrogen-bond acceptors (Lipinski definition) is 3. The lowest BCUT2D eigenvalue weighted by Crippen LogP contribution is -2.40.